The minimum atomic E-state index is -3.81. The predicted octanol–water partition coefficient (Wildman–Crippen LogP) is 2.68. The molecule has 160 valence electrons. The number of nitrogens with one attached hydrogen (secondary N) is 1. The highest BCUT2D eigenvalue weighted by atomic mass is 32.2. The van der Waals surface area contributed by atoms with Gasteiger partial charge in [-0.3, -0.25) is 9.40 Å². The van der Waals surface area contributed by atoms with Gasteiger partial charge in [-0.15, -0.1) is 0 Å². The van der Waals surface area contributed by atoms with Crippen LogP contribution < -0.4 is 4.72 Å². The molecule has 1 aliphatic rings. The smallest absolute Gasteiger partial charge is 0.265 e. The quantitative estimate of drug-likeness (QED) is 0.744. The van der Waals surface area contributed by atoms with Gasteiger partial charge < -0.3 is 0 Å². The number of sulfonamides is 2. The molecule has 3 rings (SSSR count). The van der Waals surface area contributed by atoms with E-state index < -0.39 is 20.0 Å². The zero-order chi connectivity index (χ0) is 21.4. The zero-order valence-corrected chi connectivity index (χ0v) is 18.8. The molecule has 2 heterocycles. The van der Waals surface area contributed by atoms with Crippen LogP contribution in [0, 0.1) is 18.8 Å². The van der Waals surface area contributed by atoms with Crippen molar-refractivity contribution in [3.8, 4) is 0 Å². The van der Waals surface area contributed by atoms with Crippen molar-refractivity contribution in [2.45, 2.75) is 50.5 Å². The Bertz CT molecular complexity index is 1070. The van der Waals surface area contributed by atoms with Crippen molar-refractivity contribution in [3.05, 3.63) is 36.2 Å². The Morgan fingerprint density at radius 2 is 1.66 bits per heavy atom. The van der Waals surface area contributed by atoms with E-state index in [9.17, 15) is 16.8 Å². The van der Waals surface area contributed by atoms with Gasteiger partial charge in [-0.05, 0) is 56.4 Å². The number of piperidine rings is 1. The normalized spacial score (nSPS) is 21.2. The summed E-state index contributed by atoms with van der Waals surface area (Å²) < 4.78 is 56.8. The predicted molar refractivity (Wildman–Crippen MR) is 112 cm³/mol. The summed E-state index contributed by atoms with van der Waals surface area (Å²) in [5, 5.41) is 4.07. The van der Waals surface area contributed by atoms with Crippen LogP contribution in [-0.2, 0) is 26.6 Å². The second-order valence-corrected chi connectivity index (χ2v) is 11.4. The lowest BCUT2D eigenvalue weighted by Gasteiger charge is -2.34. The summed E-state index contributed by atoms with van der Waals surface area (Å²) in [6.07, 6.45) is 2.33. The van der Waals surface area contributed by atoms with E-state index >= 15 is 0 Å². The molecule has 2 atom stereocenters. The van der Waals surface area contributed by atoms with E-state index in [1.54, 1.807) is 11.6 Å². The number of nitrogens with zero attached hydrogens (tertiary/aromatic N) is 3. The van der Waals surface area contributed by atoms with Gasteiger partial charge in [0.15, 0.2) is 0 Å². The highest BCUT2D eigenvalue weighted by molar-refractivity contribution is 7.92. The monoisotopic (exact) mass is 440 g/mol. The minimum Gasteiger partial charge on any atom is -0.280 e. The van der Waals surface area contributed by atoms with Crippen LogP contribution >= 0.6 is 0 Å². The summed E-state index contributed by atoms with van der Waals surface area (Å²) in [5.74, 6) is 0.624. The first kappa shape index (κ1) is 21.8. The van der Waals surface area contributed by atoms with Crippen molar-refractivity contribution in [2.75, 3.05) is 17.8 Å². The Balaban J connectivity index is 1.80. The number of rotatable bonds is 6. The fourth-order valence-corrected chi connectivity index (χ4v) is 6.78. The Morgan fingerprint density at radius 3 is 2.17 bits per heavy atom. The third-order valence-electron chi connectivity index (χ3n) is 5.23. The Kier molecular flexibility index (Phi) is 6.07. The van der Waals surface area contributed by atoms with Gasteiger partial charge in [-0.1, -0.05) is 13.8 Å². The molecule has 10 heteroatoms. The lowest BCUT2D eigenvalue weighted by Crippen LogP contribution is -2.42. The van der Waals surface area contributed by atoms with E-state index in [2.05, 4.69) is 23.7 Å². The highest BCUT2D eigenvalue weighted by Gasteiger charge is 2.31. The first-order valence-corrected chi connectivity index (χ1v) is 12.6. The van der Waals surface area contributed by atoms with Gasteiger partial charge >= 0.3 is 0 Å². The second-order valence-electron chi connectivity index (χ2n) is 7.81. The standard InChI is InChI=1S/C19H28N4O4S2/c1-5-23-16(4)19(11-20-23)28(24,25)21-17-6-8-18(9-7-17)29(26,27)22-12-14(2)10-15(3)13-22/h6-9,11,14-15,21H,5,10,12-13H2,1-4H3. The molecular weight excluding hydrogens is 412 g/mol. The van der Waals surface area contributed by atoms with Crippen LogP contribution in [0.1, 0.15) is 32.9 Å². The van der Waals surface area contributed by atoms with Gasteiger partial charge in [0.2, 0.25) is 10.0 Å². The molecular formula is C19H28N4O4S2. The van der Waals surface area contributed by atoms with Crippen molar-refractivity contribution in [1.29, 1.82) is 0 Å². The van der Waals surface area contributed by atoms with E-state index in [0.717, 1.165) is 6.42 Å². The third-order valence-corrected chi connectivity index (χ3v) is 8.56. The third kappa shape index (κ3) is 4.49. The number of aryl methyl sites for hydroxylation is 1. The minimum absolute atomic E-state index is 0.104. The van der Waals surface area contributed by atoms with Crippen LogP contribution in [0.25, 0.3) is 0 Å². The molecule has 0 amide bonds. The van der Waals surface area contributed by atoms with Crippen LogP contribution in [0.2, 0.25) is 0 Å². The van der Waals surface area contributed by atoms with Gasteiger partial charge in [-0.25, -0.2) is 16.8 Å². The molecule has 2 unspecified atom stereocenters. The Morgan fingerprint density at radius 1 is 1.07 bits per heavy atom. The summed E-state index contributed by atoms with van der Waals surface area (Å²) in [6.45, 7) is 9.26. The van der Waals surface area contributed by atoms with E-state index in [1.165, 1.54) is 34.8 Å². The number of hydrogen-bond acceptors (Lipinski definition) is 5. The summed E-state index contributed by atoms with van der Waals surface area (Å²) in [4.78, 5) is 0.268. The van der Waals surface area contributed by atoms with Gasteiger partial charge in [0.25, 0.3) is 10.0 Å². The lowest BCUT2D eigenvalue weighted by atomic mass is 9.94. The van der Waals surface area contributed by atoms with E-state index in [1.807, 2.05) is 6.92 Å². The average Bonchev–Trinajstić information content (AvgIpc) is 3.02. The van der Waals surface area contributed by atoms with Crippen molar-refractivity contribution in [1.82, 2.24) is 14.1 Å². The molecule has 1 aromatic heterocycles. The second kappa shape index (κ2) is 8.08. The molecule has 0 saturated carbocycles. The number of anilines is 1. The van der Waals surface area contributed by atoms with E-state index in [4.69, 9.17) is 0 Å². The maximum absolute atomic E-state index is 13.0. The van der Waals surface area contributed by atoms with Crippen LogP contribution in [0.5, 0.6) is 0 Å². The molecule has 1 N–H and O–H groups in total. The molecule has 1 aliphatic heterocycles. The van der Waals surface area contributed by atoms with E-state index in [-0.39, 0.29) is 9.79 Å². The molecule has 1 aromatic carbocycles. The first-order chi connectivity index (χ1) is 13.5. The first-order valence-electron chi connectivity index (χ1n) is 9.70. The van der Waals surface area contributed by atoms with Gasteiger partial charge in [0.05, 0.1) is 16.8 Å². The molecule has 1 fully saturated rings. The highest BCUT2D eigenvalue weighted by Crippen LogP contribution is 2.27. The summed E-state index contributed by atoms with van der Waals surface area (Å²) >= 11 is 0. The van der Waals surface area contributed by atoms with Crippen molar-refractivity contribution < 1.29 is 16.8 Å². The maximum Gasteiger partial charge on any atom is 0.265 e. The summed E-state index contributed by atoms with van der Waals surface area (Å²) in [7, 11) is -7.41. The summed E-state index contributed by atoms with van der Waals surface area (Å²) in [6, 6.07) is 5.83. The Hall–Kier alpha value is -1.91. The van der Waals surface area contributed by atoms with Crippen LogP contribution in [0.4, 0.5) is 5.69 Å². The molecule has 2 aromatic rings. The largest absolute Gasteiger partial charge is 0.280 e. The zero-order valence-electron chi connectivity index (χ0n) is 17.2. The molecule has 0 radical (unpaired) electrons. The van der Waals surface area contributed by atoms with Crippen molar-refractivity contribution in [2.24, 2.45) is 11.8 Å². The summed E-state index contributed by atoms with van der Waals surface area (Å²) in [5.41, 5.74) is 0.848. The van der Waals surface area contributed by atoms with Gasteiger partial charge in [0.1, 0.15) is 4.90 Å². The average molecular weight is 441 g/mol. The maximum atomic E-state index is 13.0. The lowest BCUT2D eigenvalue weighted by molar-refractivity contribution is 0.222. The fraction of sp³-hybridized carbons (Fsp3) is 0.526. The van der Waals surface area contributed by atoms with Gasteiger partial charge in [-0.2, -0.15) is 9.40 Å². The molecule has 0 bridgehead atoms. The van der Waals surface area contributed by atoms with Crippen molar-refractivity contribution in [3.63, 3.8) is 0 Å². The number of hydrogen-bond donors (Lipinski definition) is 1. The van der Waals surface area contributed by atoms with Crippen LogP contribution in [-0.4, -0.2) is 44.0 Å². The Labute approximate surface area is 173 Å². The number of benzene rings is 1. The van der Waals surface area contributed by atoms with Gasteiger partial charge in [0, 0.05) is 25.3 Å². The molecule has 0 spiro atoms. The molecule has 1 saturated heterocycles. The van der Waals surface area contributed by atoms with Crippen LogP contribution in [0.3, 0.4) is 0 Å². The molecule has 29 heavy (non-hydrogen) atoms. The topological polar surface area (TPSA) is 101 Å². The van der Waals surface area contributed by atoms with E-state index in [0.29, 0.717) is 42.9 Å². The number of aromatic nitrogens is 2. The molecule has 0 aliphatic carbocycles. The SMILES string of the molecule is CCn1ncc(S(=O)(=O)Nc2ccc(S(=O)(=O)N3CC(C)CC(C)C3)cc2)c1C. The van der Waals surface area contributed by atoms with Crippen LogP contribution in [0.15, 0.2) is 40.3 Å². The molecule has 8 nitrogen and oxygen atoms in total. The van der Waals surface area contributed by atoms with Crippen molar-refractivity contribution >= 4 is 25.7 Å². The fourth-order valence-electron chi connectivity index (χ4n) is 3.87.